The molecule has 2 rings (SSSR count). The summed E-state index contributed by atoms with van der Waals surface area (Å²) in [7, 11) is 0. The van der Waals surface area contributed by atoms with E-state index >= 15 is 0 Å². The molecule has 0 bridgehead atoms. The maximum atomic E-state index is 12.8. The molecule has 0 saturated heterocycles. The van der Waals surface area contributed by atoms with E-state index in [2.05, 4.69) is 31.2 Å². The van der Waals surface area contributed by atoms with Crippen LogP contribution >= 0.6 is 0 Å². The van der Waals surface area contributed by atoms with E-state index in [-0.39, 0.29) is 47.5 Å². The number of aromatic amines is 1. The Bertz CT molecular complexity index is 1440. The topological polar surface area (TPSA) is 181 Å². The number of amides is 4. The van der Waals surface area contributed by atoms with Crippen LogP contribution in [-0.2, 0) is 19.1 Å². The Labute approximate surface area is 283 Å². The lowest BCUT2D eigenvalue weighted by Gasteiger charge is -2.20. The Balaban J connectivity index is 1.75. The third-order valence-corrected chi connectivity index (χ3v) is 6.48. The molecule has 0 aliphatic carbocycles. The van der Waals surface area contributed by atoms with E-state index in [1.54, 1.807) is 24.3 Å². The first kappa shape index (κ1) is 39.5. The molecule has 0 saturated carbocycles. The number of benzene rings is 1. The number of nitrogens with one attached hydrogen (secondary N) is 5. The van der Waals surface area contributed by atoms with E-state index in [0.717, 1.165) is 25.7 Å². The summed E-state index contributed by atoms with van der Waals surface area (Å²) in [6.07, 6.45) is 4.64. The Hall–Kier alpha value is -4.68. The van der Waals surface area contributed by atoms with Crippen LogP contribution in [0.4, 0.5) is 21.2 Å². The molecule has 0 radical (unpaired) electrons. The molecule has 13 nitrogen and oxygen atoms in total. The highest BCUT2D eigenvalue weighted by Crippen LogP contribution is 2.19. The fourth-order valence-electron chi connectivity index (χ4n) is 3.93. The normalized spacial score (nSPS) is 11.4. The molecule has 0 unspecified atom stereocenters. The van der Waals surface area contributed by atoms with E-state index in [4.69, 9.17) is 9.47 Å². The van der Waals surface area contributed by atoms with Crippen molar-refractivity contribution in [3.8, 4) is 0 Å². The van der Waals surface area contributed by atoms with Gasteiger partial charge in [0.1, 0.15) is 5.57 Å². The summed E-state index contributed by atoms with van der Waals surface area (Å²) in [5, 5.41) is 10.9. The van der Waals surface area contributed by atoms with Gasteiger partial charge in [-0.05, 0) is 53.4 Å². The highest BCUT2D eigenvalue weighted by Gasteiger charge is 2.25. The largest absolute Gasteiger partial charge is 0.461 e. The monoisotopic (exact) mass is 668 g/mol. The molecule has 264 valence electrons. The van der Waals surface area contributed by atoms with Crippen LogP contribution in [0.3, 0.4) is 0 Å². The Kier molecular flexibility index (Phi) is 15.3. The Morgan fingerprint density at radius 3 is 1.77 bits per heavy atom. The van der Waals surface area contributed by atoms with Crippen LogP contribution in [0.15, 0.2) is 40.7 Å². The summed E-state index contributed by atoms with van der Waals surface area (Å²) in [6, 6.07) is 7.30. The molecule has 48 heavy (non-hydrogen) atoms. The highest BCUT2D eigenvalue weighted by atomic mass is 16.6. The summed E-state index contributed by atoms with van der Waals surface area (Å²) in [5.74, 6) is -1.31. The minimum absolute atomic E-state index is 0.0924. The number of esters is 2. The van der Waals surface area contributed by atoms with E-state index < -0.39 is 23.5 Å². The molecule has 5 N–H and O–H groups in total. The molecule has 0 atom stereocenters. The van der Waals surface area contributed by atoms with Gasteiger partial charge in [0, 0.05) is 30.5 Å². The molecule has 4 amide bonds. The van der Waals surface area contributed by atoms with Crippen molar-refractivity contribution < 1.29 is 28.7 Å². The third-order valence-electron chi connectivity index (χ3n) is 6.48. The van der Waals surface area contributed by atoms with Crippen LogP contribution < -0.4 is 26.8 Å². The second kappa shape index (κ2) is 18.6. The molecule has 1 heterocycles. The van der Waals surface area contributed by atoms with Crippen molar-refractivity contribution in [2.45, 2.75) is 87.0 Å². The molecular formula is C35H52N6O7. The fraction of sp³-hybridized carbons (Fsp3) is 0.543. The number of rotatable bonds is 15. The smallest absolute Gasteiger partial charge is 0.345 e. The van der Waals surface area contributed by atoms with Gasteiger partial charge in [0.2, 0.25) is 5.95 Å². The third kappa shape index (κ3) is 16.2. The predicted molar refractivity (Wildman–Crippen MR) is 187 cm³/mol. The summed E-state index contributed by atoms with van der Waals surface area (Å²) < 4.78 is 10.8. The number of hydrogen-bond donors (Lipinski definition) is 5. The molecule has 0 spiro atoms. The zero-order chi connectivity index (χ0) is 35.9. The van der Waals surface area contributed by atoms with Crippen LogP contribution in [0.2, 0.25) is 0 Å². The van der Waals surface area contributed by atoms with Crippen molar-refractivity contribution in [1.82, 2.24) is 20.6 Å². The first-order chi connectivity index (χ1) is 22.4. The number of aromatic nitrogens is 2. The SMILES string of the molecule is CC(C)c1cc(=O)nc(NC(=O)NCCCCCCNC(=O)Nc2ccc(C=C(C(=O)OCC(C)(C)C)C(=O)OCC(C)(C)C)cc2)[nH]1. The fourth-order valence-corrected chi connectivity index (χ4v) is 3.93. The standard InChI is InChI=1S/C35H52N6O7/c1-23(2)27-20-28(42)40-31(39-27)41-33(46)37-18-12-10-9-11-17-36-32(45)38-25-15-13-24(14-16-25)19-26(29(43)47-21-34(3,4)5)30(44)48-22-35(6,7)8/h13-16,19-20,23H,9-12,17-18,21-22H2,1-8H3,(H2,36,38,45)(H3,37,39,40,41,42,46). The lowest BCUT2D eigenvalue weighted by atomic mass is 9.98. The van der Waals surface area contributed by atoms with Crippen LogP contribution in [0.1, 0.15) is 98.2 Å². The lowest BCUT2D eigenvalue weighted by Crippen LogP contribution is -2.31. The Morgan fingerprint density at radius 2 is 1.29 bits per heavy atom. The number of hydrogen-bond acceptors (Lipinski definition) is 8. The summed E-state index contributed by atoms with van der Waals surface area (Å²) in [5.41, 5.74) is 0.626. The number of unbranched alkanes of at least 4 members (excludes halogenated alkanes) is 3. The van der Waals surface area contributed by atoms with Crippen molar-refractivity contribution in [3.05, 3.63) is 57.5 Å². The van der Waals surface area contributed by atoms with Gasteiger partial charge in [0.05, 0.1) is 13.2 Å². The van der Waals surface area contributed by atoms with E-state index in [9.17, 15) is 24.0 Å². The van der Waals surface area contributed by atoms with Gasteiger partial charge in [-0.2, -0.15) is 4.98 Å². The summed E-state index contributed by atoms with van der Waals surface area (Å²) in [4.78, 5) is 68.5. The maximum absolute atomic E-state index is 12.8. The van der Waals surface area contributed by atoms with Crippen molar-refractivity contribution in [1.29, 1.82) is 0 Å². The summed E-state index contributed by atoms with van der Waals surface area (Å²) >= 11 is 0. The minimum atomic E-state index is -0.758. The molecule has 0 fully saturated rings. The zero-order valence-electron chi connectivity index (χ0n) is 29.5. The van der Waals surface area contributed by atoms with Gasteiger partial charge in [0.15, 0.2) is 0 Å². The first-order valence-corrected chi connectivity index (χ1v) is 16.3. The van der Waals surface area contributed by atoms with Gasteiger partial charge in [0.25, 0.3) is 5.56 Å². The minimum Gasteiger partial charge on any atom is -0.461 e. The average Bonchev–Trinajstić information content (AvgIpc) is 2.98. The molecular weight excluding hydrogens is 616 g/mol. The van der Waals surface area contributed by atoms with E-state index in [1.165, 1.54) is 12.1 Å². The van der Waals surface area contributed by atoms with Crippen LogP contribution in [0, 0.1) is 10.8 Å². The number of nitrogens with zero attached hydrogens (tertiary/aromatic N) is 1. The average molecular weight is 669 g/mol. The number of anilines is 2. The van der Waals surface area contributed by atoms with Gasteiger partial charge in [-0.15, -0.1) is 0 Å². The molecule has 1 aromatic carbocycles. The maximum Gasteiger partial charge on any atom is 0.345 e. The molecule has 13 heteroatoms. The number of carbonyl (C=O) groups excluding carboxylic acids is 4. The zero-order valence-corrected chi connectivity index (χ0v) is 29.5. The molecule has 0 aliphatic heterocycles. The number of H-pyrrole nitrogens is 1. The van der Waals surface area contributed by atoms with Gasteiger partial charge in [-0.3, -0.25) is 10.1 Å². The second-order valence-electron chi connectivity index (χ2n) is 14.3. The first-order valence-electron chi connectivity index (χ1n) is 16.3. The molecule has 0 aliphatic rings. The number of ether oxygens (including phenoxy) is 2. The van der Waals surface area contributed by atoms with E-state index in [1.807, 2.05) is 55.4 Å². The lowest BCUT2D eigenvalue weighted by molar-refractivity contribution is -0.149. The summed E-state index contributed by atoms with van der Waals surface area (Å²) in [6.45, 7) is 16.6. The van der Waals surface area contributed by atoms with Crippen LogP contribution in [-0.4, -0.2) is 60.3 Å². The van der Waals surface area contributed by atoms with Crippen molar-refractivity contribution >= 4 is 41.7 Å². The quantitative estimate of drug-likeness (QED) is 0.0507. The highest BCUT2D eigenvalue weighted by molar-refractivity contribution is 6.17. The van der Waals surface area contributed by atoms with Gasteiger partial charge >= 0.3 is 24.0 Å². The van der Waals surface area contributed by atoms with Crippen molar-refractivity contribution in [3.63, 3.8) is 0 Å². The number of urea groups is 2. The van der Waals surface area contributed by atoms with Gasteiger partial charge < -0.3 is 30.4 Å². The van der Waals surface area contributed by atoms with Crippen LogP contribution in [0.25, 0.3) is 6.08 Å². The van der Waals surface area contributed by atoms with E-state index in [0.29, 0.717) is 30.0 Å². The molecule has 2 aromatic rings. The van der Waals surface area contributed by atoms with Crippen molar-refractivity contribution in [2.24, 2.45) is 10.8 Å². The second-order valence-corrected chi connectivity index (χ2v) is 14.3. The van der Waals surface area contributed by atoms with Gasteiger partial charge in [-0.1, -0.05) is 80.4 Å². The number of carbonyl (C=O) groups is 4. The Morgan fingerprint density at radius 1 is 0.792 bits per heavy atom. The molecule has 1 aromatic heterocycles. The van der Waals surface area contributed by atoms with Crippen molar-refractivity contribution in [2.75, 3.05) is 36.9 Å². The predicted octanol–water partition coefficient (Wildman–Crippen LogP) is 5.96. The van der Waals surface area contributed by atoms with Crippen LogP contribution in [0.5, 0.6) is 0 Å². The van der Waals surface area contributed by atoms with Gasteiger partial charge in [-0.25, -0.2) is 19.2 Å².